The van der Waals surface area contributed by atoms with Crippen LogP contribution >= 0.6 is 0 Å². The van der Waals surface area contributed by atoms with Crippen LogP contribution in [0.5, 0.6) is 0 Å². The maximum Gasteiger partial charge on any atom is 0.185 e. The molecule has 0 aliphatic rings. The lowest BCUT2D eigenvalue weighted by Crippen LogP contribution is -2.87. The molecule has 0 aromatic carbocycles. The minimum atomic E-state index is -1.72. The Labute approximate surface area is 141 Å². The fourth-order valence-electron chi connectivity index (χ4n) is 5.58. The van der Waals surface area contributed by atoms with Crippen LogP contribution in [0.1, 0.15) is 12.8 Å². The van der Waals surface area contributed by atoms with Crippen molar-refractivity contribution in [2.24, 2.45) is 16.5 Å². The fourth-order valence-corrected chi connectivity index (χ4v) is 107. The van der Waals surface area contributed by atoms with Crippen molar-refractivity contribution in [1.29, 1.82) is 0 Å². The summed E-state index contributed by atoms with van der Waals surface area (Å²) in [6, 6.07) is 0. The Morgan fingerprint density at radius 2 is 1.23 bits per heavy atom. The van der Waals surface area contributed by atoms with Gasteiger partial charge >= 0.3 is 0 Å². The van der Waals surface area contributed by atoms with E-state index in [2.05, 4.69) is 63.9 Å². The van der Waals surface area contributed by atoms with Crippen LogP contribution in [0.15, 0.2) is 4.99 Å². The maximum absolute atomic E-state index is 11.4. The van der Waals surface area contributed by atoms with Gasteiger partial charge in [-0.25, -0.2) is 0 Å². The molecule has 8 heteroatoms. The Morgan fingerprint density at radius 3 is 1.50 bits per heavy atom. The molecule has 5 N–H and O–H groups in total. The van der Waals surface area contributed by atoms with Crippen molar-refractivity contribution in [3.8, 4) is 0 Å². The largest absolute Gasteiger partial charge is 0.397 e. The van der Waals surface area contributed by atoms with Crippen LogP contribution in [0.3, 0.4) is 0 Å². The van der Waals surface area contributed by atoms with Crippen LogP contribution in [-0.4, -0.2) is 52.7 Å². The third-order valence-electron chi connectivity index (χ3n) is 4.98. The summed E-state index contributed by atoms with van der Waals surface area (Å²) in [5, 5.41) is 11.4. The third-order valence-corrected chi connectivity index (χ3v) is 78.2. The Morgan fingerprint density at radius 1 is 0.864 bits per heavy atom. The minimum Gasteiger partial charge on any atom is -0.397 e. The second-order valence-electron chi connectivity index (χ2n) is 9.52. The van der Waals surface area contributed by atoms with E-state index in [0.29, 0.717) is 6.54 Å². The lowest BCUT2D eigenvalue weighted by molar-refractivity contribution is 0.236. The molecule has 1 unspecified atom stereocenters. The van der Waals surface area contributed by atoms with Gasteiger partial charge in [0.15, 0.2) is 5.96 Å². The van der Waals surface area contributed by atoms with Crippen molar-refractivity contribution in [2.45, 2.75) is 77.5 Å². The standard InChI is InChI=1S/C14H39N3OSi4/c1-19(2,3)22(20(4,5)6,21(7,8)9)13(18)11-10-12-17-14(15)16/h13,18H,10-12H2,1-9H3,(H4,15,16,17). The molecule has 132 valence electrons. The van der Waals surface area contributed by atoms with E-state index in [0.717, 1.165) is 12.8 Å². The van der Waals surface area contributed by atoms with Crippen molar-refractivity contribution in [2.75, 3.05) is 6.54 Å². The molecule has 0 radical (unpaired) electrons. The molecule has 0 heterocycles. The number of nitrogens with two attached hydrogens (primary N) is 2. The second-order valence-corrected chi connectivity index (χ2v) is 50.4. The van der Waals surface area contributed by atoms with Gasteiger partial charge in [-0.2, -0.15) is 0 Å². The summed E-state index contributed by atoms with van der Waals surface area (Å²) in [5.41, 5.74) is 10.7. The zero-order valence-electron chi connectivity index (χ0n) is 16.2. The quantitative estimate of drug-likeness (QED) is 0.263. The van der Waals surface area contributed by atoms with Gasteiger partial charge in [0, 0.05) is 35.0 Å². The van der Waals surface area contributed by atoms with Gasteiger partial charge in [0.25, 0.3) is 0 Å². The van der Waals surface area contributed by atoms with Gasteiger partial charge in [-0.3, -0.25) is 4.99 Å². The molecule has 1 atom stereocenters. The molecular weight excluding hydrogens is 339 g/mol. The first-order valence-corrected chi connectivity index (χ1v) is 23.9. The molecule has 0 saturated heterocycles. The van der Waals surface area contributed by atoms with Crippen LogP contribution in [0.2, 0.25) is 58.9 Å². The van der Waals surface area contributed by atoms with Crippen molar-refractivity contribution in [3.05, 3.63) is 0 Å². The molecule has 0 aromatic rings. The summed E-state index contributed by atoms with van der Waals surface area (Å²) in [6.45, 7) is 21.5. The number of aliphatic hydroxyl groups is 1. The molecule has 4 nitrogen and oxygen atoms in total. The lowest BCUT2D eigenvalue weighted by atomic mass is 10.3. The zero-order valence-corrected chi connectivity index (χ0v) is 20.2. The summed E-state index contributed by atoms with van der Waals surface area (Å²) < 4.78 is 0. The summed E-state index contributed by atoms with van der Waals surface area (Å²) in [6.07, 6.45) is 1.75. The highest BCUT2D eigenvalue weighted by Gasteiger charge is 2.64. The highest BCUT2D eigenvalue weighted by Crippen LogP contribution is 2.40. The third kappa shape index (κ3) is 4.56. The molecule has 0 aromatic heterocycles. The maximum atomic E-state index is 11.4. The van der Waals surface area contributed by atoms with E-state index < -0.39 is 29.4 Å². The number of hydrogen-bond acceptors (Lipinski definition) is 2. The number of nitrogens with zero attached hydrogens (tertiary/aromatic N) is 1. The fraction of sp³-hybridized carbons (Fsp3) is 0.929. The highest BCUT2D eigenvalue weighted by atomic mass is 29.9. The summed E-state index contributed by atoms with van der Waals surface area (Å²) in [7, 11) is -4.28. The van der Waals surface area contributed by atoms with Crippen LogP contribution in [-0.2, 0) is 0 Å². The smallest absolute Gasteiger partial charge is 0.185 e. The van der Waals surface area contributed by atoms with Crippen molar-refractivity contribution in [3.63, 3.8) is 0 Å². The van der Waals surface area contributed by atoms with Gasteiger partial charge in [0.2, 0.25) is 0 Å². The van der Waals surface area contributed by atoms with Gasteiger partial charge < -0.3 is 16.6 Å². The van der Waals surface area contributed by atoms with Gasteiger partial charge in [-0.1, -0.05) is 58.9 Å². The summed E-state index contributed by atoms with van der Waals surface area (Å²) in [4.78, 5) is 4.08. The Balaban J connectivity index is 5.64. The van der Waals surface area contributed by atoms with Crippen molar-refractivity contribution in [1.82, 2.24) is 0 Å². The molecular formula is C14H39N3OSi4. The van der Waals surface area contributed by atoms with Crippen LogP contribution < -0.4 is 11.5 Å². The first-order valence-electron chi connectivity index (χ1n) is 8.32. The minimum absolute atomic E-state index is 0.0910. The van der Waals surface area contributed by atoms with Crippen LogP contribution in [0.4, 0.5) is 0 Å². The van der Waals surface area contributed by atoms with Crippen molar-refractivity contribution < 1.29 is 5.11 Å². The second kappa shape index (κ2) is 7.33. The van der Waals surface area contributed by atoms with E-state index in [1.165, 1.54) is 0 Å². The average Bonchev–Trinajstić information content (AvgIpc) is 2.17. The predicted octanol–water partition coefficient (Wildman–Crippen LogP) is 2.64. The Hall–Kier alpha value is 0.0975. The number of aliphatic hydroxyl groups excluding tert-OH is 1. The van der Waals surface area contributed by atoms with E-state index in [9.17, 15) is 5.11 Å². The number of rotatable bonds is 8. The van der Waals surface area contributed by atoms with Gasteiger partial charge in [0.1, 0.15) is 0 Å². The van der Waals surface area contributed by atoms with Gasteiger partial charge in [-0.15, -0.1) is 0 Å². The van der Waals surface area contributed by atoms with Crippen LogP contribution in [0.25, 0.3) is 0 Å². The molecule has 0 rings (SSSR count). The number of aliphatic imine (C=N–C) groups is 1. The summed E-state index contributed by atoms with van der Waals surface area (Å²) in [5.74, 6) is 0.151. The van der Waals surface area contributed by atoms with Gasteiger partial charge in [0.05, 0.1) is 6.63 Å². The topological polar surface area (TPSA) is 84.6 Å². The first-order chi connectivity index (χ1) is 9.59. The van der Waals surface area contributed by atoms with E-state index in [1.807, 2.05) is 0 Å². The molecule has 0 spiro atoms. The van der Waals surface area contributed by atoms with Crippen molar-refractivity contribution >= 4 is 35.4 Å². The Bertz CT molecular complexity index is 354. The van der Waals surface area contributed by atoms with E-state index in [4.69, 9.17) is 11.5 Å². The highest BCUT2D eigenvalue weighted by molar-refractivity contribution is 7.89. The normalized spacial score (nSPS) is 15.5. The molecule has 0 amide bonds. The molecule has 0 fully saturated rings. The lowest BCUT2D eigenvalue weighted by Gasteiger charge is -2.59. The van der Waals surface area contributed by atoms with E-state index in [-0.39, 0.29) is 11.7 Å². The predicted molar refractivity (Wildman–Crippen MR) is 112 cm³/mol. The van der Waals surface area contributed by atoms with E-state index in [1.54, 1.807) is 0 Å². The van der Waals surface area contributed by atoms with Crippen LogP contribution in [0, 0.1) is 0 Å². The first kappa shape index (κ1) is 22.1. The Kier molecular flexibility index (Phi) is 7.36. The molecule has 0 aliphatic heterocycles. The SMILES string of the molecule is C[Si](C)(C)[Si](C(O)CCCN=C(N)N)([Si](C)(C)C)[Si](C)(C)C. The number of guanidine groups is 1. The summed E-state index contributed by atoms with van der Waals surface area (Å²) >= 11 is 0. The molecule has 0 aliphatic carbocycles. The monoisotopic (exact) mass is 377 g/mol. The molecule has 0 saturated carbocycles. The number of hydrogen-bond donors (Lipinski definition) is 3. The molecule has 22 heavy (non-hydrogen) atoms. The van der Waals surface area contributed by atoms with E-state index >= 15 is 0 Å². The average molecular weight is 378 g/mol. The molecule has 0 bridgehead atoms. The van der Waals surface area contributed by atoms with Gasteiger partial charge in [-0.05, 0) is 12.8 Å². The zero-order chi connectivity index (χ0) is 18.0.